The van der Waals surface area contributed by atoms with Crippen molar-refractivity contribution < 1.29 is 4.79 Å². The summed E-state index contributed by atoms with van der Waals surface area (Å²) in [7, 11) is 0. The number of H-pyrrole nitrogens is 1. The van der Waals surface area contributed by atoms with Crippen molar-refractivity contribution in [2.75, 3.05) is 13.1 Å². The summed E-state index contributed by atoms with van der Waals surface area (Å²) < 4.78 is 1.99. The van der Waals surface area contributed by atoms with Crippen molar-refractivity contribution in [3.05, 3.63) is 35.2 Å². The van der Waals surface area contributed by atoms with Crippen molar-refractivity contribution >= 4 is 5.91 Å². The fourth-order valence-electron chi connectivity index (χ4n) is 3.51. The first-order chi connectivity index (χ1) is 11.5. The van der Waals surface area contributed by atoms with Gasteiger partial charge in [-0.15, -0.1) is 0 Å². The van der Waals surface area contributed by atoms with Crippen molar-refractivity contribution in [1.82, 2.24) is 24.6 Å². The summed E-state index contributed by atoms with van der Waals surface area (Å²) in [5.41, 5.74) is 3.27. The van der Waals surface area contributed by atoms with Crippen molar-refractivity contribution in [2.24, 2.45) is 0 Å². The van der Waals surface area contributed by atoms with Crippen molar-refractivity contribution in [3.63, 3.8) is 0 Å². The minimum Gasteiger partial charge on any atom is -0.346 e. The van der Waals surface area contributed by atoms with E-state index in [2.05, 4.69) is 28.1 Å². The summed E-state index contributed by atoms with van der Waals surface area (Å²) >= 11 is 0. The fraction of sp³-hybridized carbons (Fsp3) is 0.611. The maximum absolute atomic E-state index is 12.5. The number of hydrogen-bond donors (Lipinski definition) is 1. The van der Waals surface area contributed by atoms with Gasteiger partial charge < -0.3 is 9.88 Å². The molecule has 1 atom stereocenters. The van der Waals surface area contributed by atoms with E-state index in [0.717, 1.165) is 61.8 Å². The van der Waals surface area contributed by atoms with E-state index in [1.807, 2.05) is 29.6 Å². The standard InChI is InChI=1S/C18H27N5O/c1-13-10-15(3)23(21-13)9-5-7-17(24)22-8-4-6-16(12-22)18-19-11-14(2)20-18/h10-11,16H,4-9,12H2,1-3H3,(H,19,20)/t16-/m1/s1. The smallest absolute Gasteiger partial charge is 0.222 e. The second-order valence-electron chi connectivity index (χ2n) is 6.88. The Kier molecular flexibility index (Phi) is 5.02. The van der Waals surface area contributed by atoms with Crippen LogP contribution in [0.1, 0.15) is 54.5 Å². The summed E-state index contributed by atoms with van der Waals surface area (Å²) in [5, 5.41) is 4.45. The lowest BCUT2D eigenvalue weighted by Gasteiger charge is -2.32. The van der Waals surface area contributed by atoms with Crippen LogP contribution in [0.25, 0.3) is 0 Å². The molecular formula is C18H27N5O. The van der Waals surface area contributed by atoms with Gasteiger partial charge in [0.2, 0.25) is 5.91 Å². The van der Waals surface area contributed by atoms with Crippen LogP contribution in [-0.4, -0.2) is 43.6 Å². The van der Waals surface area contributed by atoms with Gasteiger partial charge in [0.15, 0.2) is 0 Å². The summed E-state index contributed by atoms with van der Waals surface area (Å²) in [6, 6.07) is 2.07. The third-order valence-electron chi connectivity index (χ3n) is 4.75. The molecule has 0 saturated carbocycles. The number of likely N-dealkylation sites (tertiary alicyclic amines) is 1. The van der Waals surface area contributed by atoms with Crippen molar-refractivity contribution in [3.8, 4) is 0 Å². The van der Waals surface area contributed by atoms with Gasteiger partial charge in [-0.25, -0.2) is 4.98 Å². The van der Waals surface area contributed by atoms with Crippen molar-refractivity contribution in [2.45, 2.75) is 58.9 Å². The van der Waals surface area contributed by atoms with Crippen molar-refractivity contribution in [1.29, 1.82) is 0 Å². The maximum atomic E-state index is 12.5. The van der Waals surface area contributed by atoms with Crippen LogP contribution in [0.4, 0.5) is 0 Å². The van der Waals surface area contributed by atoms with Gasteiger partial charge in [0.1, 0.15) is 5.82 Å². The Morgan fingerprint density at radius 1 is 1.38 bits per heavy atom. The average Bonchev–Trinajstić information content (AvgIpc) is 3.13. The van der Waals surface area contributed by atoms with Gasteiger partial charge in [0.25, 0.3) is 0 Å². The molecule has 1 N–H and O–H groups in total. The second kappa shape index (κ2) is 7.20. The van der Waals surface area contributed by atoms with E-state index in [9.17, 15) is 4.79 Å². The number of aryl methyl sites for hydroxylation is 4. The lowest BCUT2D eigenvalue weighted by Crippen LogP contribution is -2.39. The molecule has 3 heterocycles. The molecule has 0 radical (unpaired) electrons. The highest BCUT2D eigenvalue weighted by atomic mass is 16.2. The monoisotopic (exact) mass is 329 g/mol. The van der Waals surface area contributed by atoms with Crippen LogP contribution < -0.4 is 0 Å². The van der Waals surface area contributed by atoms with E-state index >= 15 is 0 Å². The van der Waals surface area contributed by atoms with Gasteiger partial charge in [-0.2, -0.15) is 5.10 Å². The lowest BCUT2D eigenvalue weighted by atomic mass is 9.97. The Morgan fingerprint density at radius 2 is 2.21 bits per heavy atom. The topological polar surface area (TPSA) is 66.8 Å². The Balaban J connectivity index is 1.50. The van der Waals surface area contributed by atoms with Crippen LogP contribution in [0.2, 0.25) is 0 Å². The molecule has 2 aromatic heterocycles. The molecule has 1 aliphatic rings. The Labute approximate surface area is 143 Å². The molecule has 6 nitrogen and oxygen atoms in total. The molecule has 0 aromatic carbocycles. The molecule has 3 rings (SSSR count). The number of hydrogen-bond acceptors (Lipinski definition) is 3. The van der Waals surface area contributed by atoms with Gasteiger partial charge in [-0.1, -0.05) is 0 Å². The molecule has 1 fully saturated rings. The molecule has 130 valence electrons. The van der Waals surface area contributed by atoms with Gasteiger partial charge in [-0.3, -0.25) is 9.48 Å². The normalized spacial score (nSPS) is 18.1. The maximum Gasteiger partial charge on any atom is 0.222 e. The number of nitrogens with zero attached hydrogens (tertiary/aromatic N) is 4. The number of imidazole rings is 1. The fourth-order valence-corrected chi connectivity index (χ4v) is 3.51. The summed E-state index contributed by atoms with van der Waals surface area (Å²) in [4.78, 5) is 22.3. The first kappa shape index (κ1) is 16.7. The predicted octanol–water partition coefficient (Wildman–Crippen LogP) is 2.72. The Bertz CT molecular complexity index is 702. The van der Waals surface area contributed by atoms with E-state index in [-0.39, 0.29) is 5.91 Å². The van der Waals surface area contributed by atoms with Crippen LogP contribution >= 0.6 is 0 Å². The van der Waals surface area contributed by atoms with Crippen LogP contribution in [0, 0.1) is 20.8 Å². The van der Waals surface area contributed by atoms with E-state index in [4.69, 9.17) is 0 Å². The average molecular weight is 329 g/mol. The first-order valence-corrected chi connectivity index (χ1v) is 8.83. The van der Waals surface area contributed by atoms with E-state index in [0.29, 0.717) is 12.3 Å². The highest BCUT2D eigenvalue weighted by Gasteiger charge is 2.26. The summed E-state index contributed by atoms with van der Waals surface area (Å²) in [6.07, 6.45) is 5.44. The lowest BCUT2D eigenvalue weighted by molar-refractivity contribution is -0.132. The SMILES string of the molecule is Cc1cc(C)n(CCCC(=O)N2CCC[C@@H](c3ncc(C)[nH]3)C2)n1. The van der Waals surface area contributed by atoms with E-state index < -0.39 is 0 Å². The third kappa shape index (κ3) is 3.86. The van der Waals surface area contributed by atoms with Gasteiger partial charge in [0, 0.05) is 49.6 Å². The molecule has 2 aromatic rings. The first-order valence-electron chi connectivity index (χ1n) is 8.83. The number of amides is 1. The van der Waals surface area contributed by atoms with E-state index in [1.165, 1.54) is 0 Å². The highest BCUT2D eigenvalue weighted by molar-refractivity contribution is 5.76. The number of carbonyl (C=O) groups excluding carboxylic acids is 1. The quantitative estimate of drug-likeness (QED) is 0.917. The molecule has 0 spiro atoms. The number of aromatic nitrogens is 4. The largest absolute Gasteiger partial charge is 0.346 e. The van der Waals surface area contributed by atoms with Crippen LogP contribution in [0.15, 0.2) is 12.3 Å². The molecule has 0 unspecified atom stereocenters. The highest BCUT2D eigenvalue weighted by Crippen LogP contribution is 2.25. The zero-order chi connectivity index (χ0) is 17.1. The van der Waals surface area contributed by atoms with Gasteiger partial charge in [-0.05, 0) is 46.1 Å². The Morgan fingerprint density at radius 3 is 2.88 bits per heavy atom. The number of carbonyl (C=O) groups is 1. The summed E-state index contributed by atoms with van der Waals surface area (Å²) in [5.74, 6) is 1.62. The zero-order valence-corrected chi connectivity index (χ0v) is 14.9. The molecule has 0 aliphatic carbocycles. The van der Waals surface area contributed by atoms with Crippen LogP contribution in [0.3, 0.4) is 0 Å². The van der Waals surface area contributed by atoms with Crippen LogP contribution in [0.5, 0.6) is 0 Å². The number of aromatic amines is 1. The second-order valence-corrected chi connectivity index (χ2v) is 6.88. The molecule has 0 bridgehead atoms. The van der Waals surface area contributed by atoms with Crippen LogP contribution in [-0.2, 0) is 11.3 Å². The molecular weight excluding hydrogens is 302 g/mol. The minimum atomic E-state index is 0.254. The minimum absolute atomic E-state index is 0.254. The molecule has 1 saturated heterocycles. The zero-order valence-electron chi connectivity index (χ0n) is 14.9. The molecule has 24 heavy (non-hydrogen) atoms. The molecule has 6 heteroatoms. The molecule has 1 aliphatic heterocycles. The Hall–Kier alpha value is -2.11. The number of nitrogens with one attached hydrogen (secondary N) is 1. The molecule has 1 amide bonds. The number of piperidine rings is 1. The summed E-state index contributed by atoms with van der Waals surface area (Å²) in [6.45, 7) is 8.53. The van der Waals surface area contributed by atoms with Gasteiger partial charge in [0.05, 0.1) is 5.69 Å². The third-order valence-corrected chi connectivity index (χ3v) is 4.75. The number of rotatable bonds is 5. The van der Waals surface area contributed by atoms with Gasteiger partial charge >= 0.3 is 0 Å². The predicted molar refractivity (Wildman–Crippen MR) is 92.8 cm³/mol. The van der Waals surface area contributed by atoms with E-state index in [1.54, 1.807) is 0 Å².